The highest BCUT2D eigenvalue weighted by Crippen LogP contribution is 2.20. The Morgan fingerprint density at radius 3 is 1.14 bits per heavy atom. The van der Waals surface area contributed by atoms with Crippen molar-refractivity contribution in [2.24, 2.45) is 0 Å². The van der Waals surface area contributed by atoms with Gasteiger partial charge in [-0.15, -0.1) is 0 Å². The third-order valence-electron chi connectivity index (χ3n) is 7.86. The summed E-state index contributed by atoms with van der Waals surface area (Å²) in [4.78, 5) is 0. The molecule has 0 saturated carbocycles. The number of rotatable bonds is 22. The lowest BCUT2D eigenvalue weighted by atomic mass is 10.1. The van der Waals surface area contributed by atoms with Crippen LogP contribution in [-0.2, 0) is 17.8 Å². The lowest BCUT2D eigenvalue weighted by molar-refractivity contribution is -0.941. The summed E-state index contributed by atoms with van der Waals surface area (Å²) >= 11 is 0. The smallest absolute Gasteiger partial charge is 0.104 e. The predicted molar refractivity (Wildman–Crippen MR) is 160 cm³/mol. The van der Waals surface area contributed by atoms with Crippen molar-refractivity contribution < 1.29 is 13.7 Å². The number of nitrogens with zero attached hydrogens (tertiary/aromatic N) is 2. The molecule has 0 bridgehead atoms. The predicted octanol–water partition coefficient (Wildman–Crippen LogP) is 8.24. The van der Waals surface area contributed by atoms with E-state index in [1.54, 1.807) is 0 Å². The third-order valence-corrected chi connectivity index (χ3v) is 7.86. The van der Waals surface area contributed by atoms with E-state index in [2.05, 4.69) is 88.4 Å². The van der Waals surface area contributed by atoms with Crippen molar-refractivity contribution in [3.63, 3.8) is 0 Å². The summed E-state index contributed by atoms with van der Waals surface area (Å²) in [5.41, 5.74) is 2.96. The highest BCUT2D eigenvalue weighted by atomic mass is 16.5. The topological polar surface area (TPSA) is 9.23 Å². The average Bonchev–Trinajstić information content (AvgIpc) is 2.89. The molecule has 0 N–H and O–H groups in total. The van der Waals surface area contributed by atoms with E-state index in [1.165, 1.54) is 124 Å². The molecule has 2 aromatic rings. The van der Waals surface area contributed by atoms with Crippen LogP contribution in [0.1, 0.15) is 90.2 Å². The van der Waals surface area contributed by atoms with Crippen LogP contribution in [0.2, 0.25) is 0 Å². The van der Waals surface area contributed by atoms with Gasteiger partial charge in [0.25, 0.3) is 0 Å². The van der Waals surface area contributed by atoms with E-state index in [4.69, 9.17) is 4.74 Å². The number of hydrogen-bond acceptors (Lipinski definition) is 1. The van der Waals surface area contributed by atoms with Crippen LogP contribution in [-0.4, -0.2) is 61.4 Å². The molecular weight excluding hydrogens is 452 g/mol. The van der Waals surface area contributed by atoms with Gasteiger partial charge in [-0.1, -0.05) is 88.4 Å². The van der Waals surface area contributed by atoms with E-state index in [9.17, 15) is 0 Å². The van der Waals surface area contributed by atoms with Gasteiger partial charge in [-0.05, 0) is 51.4 Å². The highest BCUT2D eigenvalue weighted by Gasteiger charge is 2.26. The number of hydrogen-bond donors (Lipinski definition) is 0. The lowest BCUT2D eigenvalue weighted by Crippen LogP contribution is -2.49. The number of unbranched alkanes of at least 4 members (excludes halogenated alkanes) is 2. The fourth-order valence-corrected chi connectivity index (χ4v) is 6.39. The monoisotopic (exact) mass is 510 g/mol. The molecule has 37 heavy (non-hydrogen) atoms. The molecule has 0 saturated heterocycles. The molecule has 2 rings (SSSR count). The molecule has 0 spiro atoms. The van der Waals surface area contributed by atoms with Crippen LogP contribution in [0.4, 0.5) is 0 Å². The second-order valence-electron chi connectivity index (χ2n) is 11.3. The Kier molecular flexibility index (Phi) is 15.8. The molecular formula is C34H58N2O+2. The molecule has 0 amide bonds. The average molecular weight is 511 g/mol. The van der Waals surface area contributed by atoms with Gasteiger partial charge < -0.3 is 13.7 Å². The molecule has 0 aliphatic rings. The third kappa shape index (κ3) is 12.1. The van der Waals surface area contributed by atoms with Crippen LogP contribution in [0, 0.1) is 0 Å². The van der Waals surface area contributed by atoms with Crippen LogP contribution < -0.4 is 0 Å². The Bertz CT molecular complexity index is 712. The molecule has 3 nitrogen and oxygen atoms in total. The van der Waals surface area contributed by atoms with E-state index in [0.717, 1.165) is 13.2 Å². The number of quaternary nitrogens is 2. The molecule has 0 atom stereocenters. The summed E-state index contributed by atoms with van der Waals surface area (Å²) in [6.45, 7) is 21.2. The Labute approximate surface area is 230 Å². The first-order valence-corrected chi connectivity index (χ1v) is 15.5. The minimum absolute atomic E-state index is 0.914. The van der Waals surface area contributed by atoms with Crippen molar-refractivity contribution >= 4 is 0 Å². The van der Waals surface area contributed by atoms with E-state index in [0.29, 0.717) is 0 Å². The summed E-state index contributed by atoms with van der Waals surface area (Å²) in [7, 11) is 0. The minimum atomic E-state index is 0.914. The molecule has 3 heteroatoms. The molecule has 0 unspecified atom stereocenters. The maximum Gasteiger partial charge on any atom is 0.104 e. The molecule has 2 aromatic carbocycles. The van der Waals surface area contributed by atoms with E-state index in [-0.39, 0.29) is 0 Å². The molecule has 208 valence electrons. The summed E-state index contributed by atoms with van der Waals surface area (Å²) in [6.07, 6.45) is 9.90. The summed E-state index contributed by atoms with van der Waals surface area (Å²) in [6, 6.07) is 22.2. The van der Waals surface area contributed by atoms with Crippen LogP contribution in [0.25, 0.3) is 0 Å². The Morgan fingerprint density at radius 2 is 0.811 bits per heavy atom. The Morgan fingerprint density at radius 1 is 0.459 bits per heavy atom. The van der Waals surface area contributed by atoms with Crippen LogP contribution >= 0.6 is 0 Å². The van der Waals surface area contributed by atoms with Gasteiger partial charge in [0.05, 0.1) is 39.3 Å². The molecule has 0 heterocycles. The van der Waals surface area contributed by atoms with Crippen molar-refractivity contribution in [1.29, 1.82) is 0 Å². The van der Waals surface area contributed by atoms with Crippen molar-refractivity contribution in [3.8, 4) is 0 Å². The van der Waals surface area contributed by atoms with Gasteiger partial charge in [0.2, 0.25) is 0 Å². The Balaban J connectivity index is 1.73. The van der Waals surface area contributed by atoms with Crippen molar-refractivity contribution in [1.82, 2.24) is 0 Å². The van der Waals surface area contributed by atoms with Gasteiger partial charge in [-0.25, -0.2) is 0 Å². The van der Waals surface area contributed by atoms with Gasteiger partial charge in [0.1, 0.15) is 13.1 Å². The standard InChI is InChI=1S/C34H58N2O/c1-5-23-35(24-6-2,31-33-19-11-9-12-20-33)27-15-17-29-37-30-18-16-28-36(25-7-3,26-8-4)32-34-21-13-10-14-22-34/h9-14,19-22H,5-8,15-18,23-32H2,1-4H3/q+2. The second-order valence-corrected chi connectivity index (χ2v) is 11.3. The molecule has 0 radical (unpaired) electrons. The van der Waals surface area contributed by atoms with Crippen molar-refractivity contribution in [3.05, 3.63) is 71.8 Å². The summed E-state index contributed by atoms with van der Waals surface area (Å²) < 4.78 is 8.58. The van der Waals surface area contributed by atoms with Gasteiger partial charge >= 0.3 is 0 Å². The van der Waals surface area contributed by atoms with Gasteiger partial charge in [-0.3, -0.25) is 0 Å². The maximum absolute atomic E-state index is 6.13. The summed E-state index contributed by atoms with van der Waals surface area (Å²) in [5.74, 6) is 0. The minimum Gasteiger partial charge on any atom is -0.381 e. The number of ether oxygens (including phenoxy) is 1. The van der Waals surface area contributed by atoms with Crippen LogP contribution in [0.15, 0.2) is 60.7 Å². The summed E-state index contributed by atoms with van der Waals surface area (Å²) in [5, 5.41) is 0. The zero-order valence-corrected chi connectivity index (χ0v) is 24.8. The zero-order valence-electron chi connectivity index (χ0n) is 24.8. The van der Waals surface area contributed by atoms with Gasteiger partial charge in [0, 0.05) is 24.3 Å². The fraction of sp³-hybridized carbons (Fsp3) is 0.647. The number of benzene rings is 2. The molecule has 0 aromatic heterocycles. The van der Waals surface area contributed by atoms with E-state index < -0.39 is 0 Å². The normalized spacial score (nSPS) is 12.2. The fourth-order valence-electron chi connectivity index (χ4n) is 6.39. The molecule has 0 aliphatic carbocycles. The van der Waals surface area contributed by atoms with Gasteiger partial charge in [0.15, 0.2) is 0 Å². The van der Waals surface area contributed by atoms with Crippen molar-refractivity contribution in [2.45, 2.75) is 92.2 Å². The SMILES string of the molecule is CCC[N+](CCC)(CCCCOCCCC[N+](CCC)(CCC)Cc1ccccc1)Cc1ccccc1. The molecule has 0 aliphatic heterocycles. The Hall–Kier alpha value is -1.68. The molecule has 0 fully saturated rings. The highest BCUT2D eigenvalue weighted by molar-refractivity contribution is 5.14. The first-order chi connectivity index (χ1) is 18.1. The lowest BCUT2D eigenvalue weighted by Gasteiger charge is -2.39. The first kappa shape index (κ1) is 31.5. The largest absolute Gasteiger partial charge is 0.381 e. The van der Waals surface area contributed by atoms with E-state index in [1.807, 2.05) is 0 Å². The zero-order chi connectivity index (χ0) is 26.7. The van der Waals surface area contributed by atoms with Crippen molar-refractivity contribution in [2.75, 3.05) is 52.5 Å². The first-order valence-electron chi connectivity index (χ1n) is 15.5. The quantitative estimate of drug-likeness (QED) is 0.114. The second kappa shape index (κ2) is 18.6. The van der Waals surface area contributed by atoms with E-state index >= 15 is 0 Å². The van der Waals surface area contributed by atoms with Crippen LogP contribution in [0.5, 0.6) is 0 Å². The van der Waals surface area contributed by atoms with Crippen LogP contribution in [0.3, 0.4) is 0 Å². The van der Waals surface area contributed by atoms with Gasteiger partial charge in [-0.2, -0.15) is 0 Å². The maximum atomic E-state index is 6.13.